The van der Waals surface area contributed by atoms with Crippen molar-refractivity contribution >= 4 is 0 Å². The summed E-state index contributed by atoms with van der Waals surface area (Å²) in [5.74, 6) is 6.35. The highest BCUT2D eigenvalue weighted by atomic mass is 16.6. The molecule has 0 aliphatic rings. The summed E-state index contributed by atoms with van der Waals surface area (Å²) in [7, 11) is 0. The molecule has 1 unspecified atom stereocenters. The van der Waals surface area contributed by atoms with Crippen molar-refractivity contribution in [2.24, 2.45) is 5.90 Å². The van der Waals surface area contributed by atoms with Gasteiger partial charge in [0.1, 0.15) is 12.0 Å². The van der Waals surface area contributed by atoms with Crippen LogP contribution in [-0.4, -0.2) is 17.7 Å². The number of aromatic nitrogens is 1. The van der Waals surface area contributed by atoms with E-state index in [2.05, 4.69) is 44.2 Å². The molecule has 0 bridgehead atoms. The highest BCUT2D eigenvalue weighted by Crippen LogP contribution is 2.30. The summed E-state index contributed by atoms with van der Waals surface area (Å²) in [4.78, 5) is 5.19. The fourth-order valence-electron chi connectivity index (χ4n) is 2.46. The molecule has 5 nitrogen and oxygen atoms in total. The first-order chi connectivity index (χ1) is 10.5. The summed E-state index contributed by atoms with van der Waals surface area (Å²) >= 11 is 0. The molecule has 22 heavy (non-hydrogen) atoms. The van der Waals surface area contributed by atoms with Gasteiger partial charge < -0.3 is 14.7 Å². The van der Waals surface area contributed by atoms with E-state index >= 15 is 0 Å². The molecule has 3 N–H and O–H groups in total. The third-order valence-electron chi connectivity index (χ3n) is 3.98. The minimum Gasteiger partial charge on any atom is -0.416 e. The molecule has 0 spiro atoms. The summed E-state index contributed by atoms with van der Waals surface area (Å²) in [5, 5.41) is 7.19. The largest absolute Gasteiger partial charge is 0.416 e. The summed E-state index contributed by atoms with van der Waals surface area (Å²) in [6.45, 7) is 11.4. The van der Waals surface area contributed by atoms with Crippen molar-refractivity contribution in [3.05, 3.63) is 41.5 Å². The molecule has 124 valence electrons. The zero-order chi connectivity index (χ0) is 16.6. The van der Waals surface area contributed by atoms with Crippen LogP contribution in [0.3, 0.4) is 0 Å². The Morgan fingerprint density at radius 2 is 2.27 bits per heavy atom. The Morgan fingerprint density at radius 1 is 1.55 bits per heavy atom. The van der Waals surface area contributed by atoms with Crippen molar-refractivity contribution in [1.29, 1.82) is 0 Å². The second kappa shape index (κ2) is 8.76. The van der Waals surface area contributed by atoms with Crippen LogP contribution in [0.1, 0.15) is 53.0 Å². The summed E-state index contributed by atoms with van der Waals surface area (Å²) < 4.78 is 4.95. The molecule has 0 fully saturated rings. The van der Waals surface area contributed by atoms with E-state index in [1.54, 1.807) is 12.5 Å². The zero-order valence-electron chi connectivity index (χ0n) is 14.3. The molecule has 0 aliphatic carbocycles. The standard InChI is InChI=1S/C17H29N3O2/c1-6-8-15(13(3)19-7-2)16(22-18)9-10-17(4,5)14-11-20-21-12-14/h6,8,11-13,19H,7,9-10,18H2,1-5H3/b8-6-,16-15+. The Hall–Kier alpha value is -1.59. The Bertz CT molecular complexity index is 490. The number of rotatable bonds is 9. The Labute approximate surface area is 133 Å². The monoisotopic (exact) mass is 307 g/mol. The Morgan fingerprint density at radius 3 is 2.77 bits per heavy atom. The number of nitrogens with zero attached hydrogens (tertiary/aromatic N) is 1. The van der Waals surface area contributed by atoms with Crippen molar-refractivity contribution in [1.82, 2.24) is 10.5 Å². The number of hydrogen-bond donors (Lipinski definition) is 2. The van der Waals surface area contributed by atoms with Gasteiger partial charge in [-0.3, -0.25) is 0 Å². The van der Waals surface area contributed by atoms with Crippen molar-refractivity contribution in [2.45, 2.75) is 58.9 Å². The lowest BCUT2D eigenvalue weighted by Gasteiger charge is -2.24. The second-order valence-corrected chi connectivity index (χ2v) is 6.07. The molecule has 1 rings (SSSR count). The molecule has 5 heteroatoms. The lowest BCUT2D eigenvalue weighted by atomic mass is 9.81. The van der Waals surface area contributed by atoms with E-state index in [9.17, 15) is 0 Å². The first-order valence-electron chi connectivity index (χ1n) is 7.82. The maximum absolute atomic E-state index is 5.54. The SMILES string of the molecule is C/C=C\C(=C(\CCC(C)(C)c1cnoc1)ON)C(C)NCC. The maximum Gasteiger partial charge on any atom is 0.128 e. The van der Waals surface area contributed by atoms with Gasteiger partial charge in [-0.05, 0) is 32.2 Å². The van der Waals surface area contributed by atoms with Crippen LogP contribution in [0.25, 0.3) is 0 Å². The summed E-state index contributed by atoms with van der Waals surface area (Å²) in [6.07, 6.45) is 9.17. The first kappa shape index (κ1) is 18.5. The van der Waals surface area contributed by atoms with Crippen LogP contribution >= 0.6 is 0 Å². The first-order valence-corrected chi connectivity index (χ1v) is 7.82. The maximum atomic E-state index is 5.54. The topological polar surface area (TPSA) is 73.3 Å². The molecule has 1 aromatic rings. The molecule has 0 radical (unpaired) electrons. The van der Waals surface area contributed by atoms with Gasteiger partial charge in [0, 0.05) is 23.6 Å². The minimum atomic E-state index is -0.0494. The fraction of sp³-hybridized carbons (Fsp3) is 0.588. The number of nitrogens with two attached hydrogens (primary N) is 1. The Balaban J connectivity index is 2.90. The zero-order valence-corrected chi connectivity index (χ0v) is 14.3. The third-order valence-corrected chi connectivity index (χ3v) is 3.98. The average Bonchev–Trinajstić information content (AvgIpc) is 3.02. The van der Waals surface area contributed by atoms with Gasteiger partial charge in [-0.1, -0.05) is 38.1 Å². The van der Waals surface area contributed by atoms with Crippen LogP contribution in [0.5, 0.6) is 0 Å². The molecule has 1 heterocycles. The van der Waals surface area contributed by atoms with Crippen LogP contribution in [0, 0.1) is 0 Å². The van der Waals surface area contributed by atoms with Crippen LogP contribution < -0.4 is 11.2 Å². The van der Waals surface area contributed by atoms with Crippen LogP contribution in [0.2, 0.25) is 0 Å². The van der Waals surface area contributed by atoms with Crippen LogP contribution in [-0.2, 0) is 10.3 Å². The molecule has 0 saturated carbocycles. The molecule has 0 aliphatic heterocycles. The molecule has 1 atom stereocenters. The molecule has 0 aromatic carbocycles. The number of hydrogen-bond acceptors (Lipinski definition) is 5. The van der Waals surface area contributed by atoms with Crippen LogP contribution in [0.15, 0.2) is 40.5 Å². The lowest BCUT2D eigenvalue weighted by molar-refractivity contribution is 0.198. The normalized spacial score (nSPS) is 15.0. The molecule has 0 amide bonds. The van der Waals surface area contributed by atoms with E-state index in [4.69, 9.17) is 15.3 Å². The summed E-state index contributed by atoms with van der Waals surface area (Å²) in [6, 6.07) is 0.193. The predicted octanol–water partition coefficient (Wildman–Crippen LogP) is 3.45. The van der Waals surface area contributed by atoms with Gasteiger partial charge >= 0.3 is 0 Å². The second-order valence-electron chi connectivity index (χ2n) is 6.07. The predicted molar refractivity (Wildman–Crippen MR) is 89.0 cm³/mol. The van der Waals surface area contributed by atoms with E-state index in [0.29, 0.717) is 0 Å². The van der Waals surface area contributed by atoms with Crippen molar-refractivity contribution in [2.75, 3.05) is 6.54 Å². The van der Waals surface area contributed by atoms with Crippen LogP contribution in [0.4, 0.5) is 0 Å². The third kappa shape index (κ3) is 5.00. The Kier molecular flexibility index (Phi) is 7.35. The average molecular weight is 307 g/mol. The smallest absolute Gasteiger partial charge is 0.128 e. The number of likely N-dealkylation sites (N-methyl/N-ethyl adjacent to an activating group) is 1. The molecule has 0 saturated heterocycles. The van der Waals surface area contributed by atoms with Gasteiger partial charge in [0.05, 0.1) is 6.20 Å². The van der Waals surface area contributed by atoms with E-state index in [0.717, 1.165) is 36.3 Å². The number of nitrogens with one attached hydrogen (secondary N) is 1. The minimum absolute atomic E-state index is 0.0494. The van der Waals surface area contributed by atoms with Gasteiger partial charge in [0.25, 0.3) is 0 Å². The van der Waals surface area contributed by atoms with E-state index in [1.807, 2.05) is 13.0 Å². The van der Waals surface area contributed by atoms with Gasteiger partial charge in [-0.2, -0.15) is 5.90 Å². The fourth-order valence-corrected chi connectivity index (χ4v) is 2.46. The number of allylic oxidation sites excluding steroid dienone is 2. The lowest BCUT2D eigenvalue weighted by Crippen LogP contribution is -2.29. The van der Waals surface area contributed by atoms with Gasteiger partial charge in [0.15, 0.2) is 0 Å². The van der Waals surface area contributed by atoms with Crippen molar-refractivity contribution in [3.63, 3.8) is 0 Å². The molecule has 1 aromatic heterocycles. The quantitative estimate of drug-likeness (QED) is 0.415. The van der Waals surface area contributed by atoms with Crippen molar-refractivity contribution in [3.8, 4) is 0 Å². The molecular weight excluding hydrogens is 278 g/mol. The van der Waals surface area contributed by atoms with E-state index in [-0.39, 0.29) is 11.5 Å². The van der Waals surface area contributed by atoms with Gasteiger partial charge in [-0.15, -0.1) is 0 Å². The van der Waals surface area contributed by atoms with Gasteiger partial charge in [-0.25, -0.2) is 0 Å². The summed E-state index contributed by atoms with van der Waals surface area (Å²) in [5.41, 5.74) is 2.12. The van der Waals surface area contributed by atoms with Gasteiger partial charge in [0.2, 0.25) is 0 Å². The molecular formula is C17H29N3O2. The van der Waals surface area contributed by atoms with Crippen molar-refractivity contribution < 1.29 is 9.36 Å². The van der Waals surface area contributed by atoms with E-state index < -0.39 is 0 Å². The highest BCUT2D eigenvalue weighted by Gasteiger charge is 2.24. The highest BCUT2D eigenvalue weighted by molar-refractivity contribution is 5.28. The van der Waals surface area contributed by atoms with E-state index in [1.165, 1.54) is 0 Å².